The van der Waals surface area contributed by atoms with Gasteiger partial charge in [-0.25, -0.2) is 0 Å². The summed E-state index contributed by atoms with van der Waals surface area (Å²) in [6.45, 7) is 8.39. The Hall–Kier alpha value is -0.920. The Morgan fingerprint density at radius 3 is 1.74 bits per heavy atom. The number of hydrogen-bond donors (Lipinski definition) is 1. The number of allylic oxidation sites excluding steroid dienone is 2. The number of unbranched alkanes of at least 4 members (excludes halogenated alkanes) is 11. The zero-order valence-corrected chi connectivity index (χ0v) is 15.7. The van der Waals surface area contributed by atoms with E-state index in [0.717, 1.165) is 25.0 Å². The van der Waals surface area contributed by atoms with Crippen LogP contribution in [0.1, 0.15) is 104 Å². The molecule has 0 saturated heterocycles. The molecule has 0 aliphatic rings. The van der Waals surface area contributed by atoms with Crippen LogP contribution in [0.15, 0.2) is 24.2 Å². The lowest BCUT2D eigenvalue weighted by Crippen LogP contribution is -1.97. The third kappa shape index (κ3) is 14.4. The second-order valence-corrected chi connectivity index (χ2v) is 6.46. The molecule has 0 radical (unpaired) electrons. The molecular formula is C21H40O2. The van der Waals surface area contributed by atoms with E-state index >= 15 is 0 Å². The normalized spacial score (nSPS) is 12.1. The molecule has 136 valence electrons. The van der Waals surface area contributed by atoms with E-state index < -0.39 is 0 Å². The highest BCUT2D eigenvalue weighted by Crippen LogP contribution is 2.17. The van der Waals surface area contributed by atoms with Crippen LogP contribution in [0, 0.1) is 0 Å². The SMILES string of the molecule is C=CCO/C(CC)=C(\O)CCCCCCCCCCCCCC. The quantitative estimate of drug-likeness (QED) is 0.171. The summed E-state index contributed by atoms with van der Waals surface area (Å²) in [5.41, 5.74) is 0. The van der Waals surface area contributed by atoms with E-state index in [-0.39, 0.29) is 0 Å². The molecule has 2 heteroatoms. The first-order chi connectivity index (χ1) is 11.3. The lowest BCUT2D eigenvalue weighted by Gasteiger charge is -2.10. The Bertz CT molecular complexity index is 294. The standard InChI is InChI=1S/C21H40O2/c1-4-7-8-9-10-11-12-13-14-15-16-17-18-20(22)21(6-3)23-19-5-2/h5,22H,2,4,6-19H2,1,3H3/b21-20-. The molecule has 0 amide bonds. The van der Waals surface area contributed by atoms with Crippen molar-refractivity contribution >= 4 is 0 Å². The van der Waals surface area contributed by atoms with Gasteiger partial charge in [0.2, 0.25) is 0 Å². The van der Waals surface area contributed by atoms with Gasteiger partial charge in [-0.1, -0.05) is 97.1 Å². The van der Waals surface area contributed by atoms with E-state index in [1.54, 1.807) is 6.08 Å². The van der Waals surface area contributed by atoms with E-state index in [9.17, 15) is 5.11 Å². The fraction of sp³-hybridized carbons (Fsp3) is 0.810. The largest absolute Gasteiger partial charge is 0.509 e. The van der Waals surface area contributed by atoms with Crippen molar-refractivity contribution in [2.24, 2.45) is 0 Å². The molecule has 0 heterocycles. The highest BCUT2D eigenvalue weighted by molar-refractivity contribution is 5.00. The van der Waals surface area contributed by atoms with E-state index in [2.05, 4.69) is 13.5 Å². The third-order valence-corrected chi connectivity index (χ3v) is 4.29. The first-order valence-electron chi connectivity index (χ1n) is 9.90. The molecule has 0 aliphatic carbocycles. The Morgan fingerprint density at radius 2 is 1.30 bits per heavy atom. The van der Waals surface area contributed by atoms with E-state index in [4.69, 9.17) is 4.74 Å². The van der Waals surface area contributed by atoms with Crippen LogP contribution in [0.2, 0.25) is 0 Å². The highest BCUT2D eigenvalue weighted by Gasteiger charge is 2.04. The van der Waals surface area contributed by atoms with Gasteiger partial charge in [-0.05, 0) is 6.42 Å². The fourth-order valence-corrected chi connectivity index (χ4v) is 2.82. The second kappa shape index (κ2) is 17.4. The van der Waals surface area contributed by atoms with Gasteiger partial charge in [0.05, 0.1) is 0 Å². The van der Waals surface area contributed by atoms with Crippen LogP contribution in [0.25, 0.3) is 0 Å². The molecule has 0 unspecified atom stereocenters. The zero-order valence-electron chi connectivity index (χ0n) is 15.7. The summed E-state index contributed by atoms with van der Waals surface area (Å²) in [4.78, 5) is 0. The van der Waals surface area contributed by atoms with Crippen LogP contribution in [0.5, 0.6) is 0 Å². The van der Waals surface area contributed by atoms with E-state index in [1.165, 1.54) is 70.6 Å². The predicted octanol–water partition coefficient (Wildman–Crippen LogP) is 7.46. The van der Waals surface area contributed by atoms with Crippen LogP contribution in [0.3, 0.4) is 0 Å². The minimum Gasteiger partial charge on any atom is -0.509 e. The molecule has 0 aromatic heterocycles. The maximum atomic E-state index is 10.0. The van der Waals surface area contributed by atoms with Crippen molar-refractivity contribution in [1.82, 2.24) is 0 Å². The topological polar surface area (TPSA) is 29.5 Å². The molecule has 0 saturated carbocycles. The molecule has 0 atom stereocenters. The maximum Gasteiger partial charge on any atom is 0.133 e. The third-order valence-electron chi connectivity index (χ3n) is 4.29. The highest BCUT2D eigenvalue weighted by atomic mass is 16.5. The minimum atomic E-state index is 0.432. The second-order valence-electron chi connectivity index (χ2n) is 6.46. The lowest BCUT2D eigenvalue weighted by molar-refractivity contribution is 0.206. The van der Waals surface area contributed by atoms with Gasteiger partial charge in [-0.15, -0.1) is 0 Å². The lowest BCUT2D eigenvalue weighted by atomic mass is 10.0. The molecule has 1 N–H and O–H groups in total. The van der Waals surface area contributed by atoms with Crippen LogP contribution in [-0.4, -0.2) is 11.7 Å². The van der Waals surface area contributed by atoms with Gasteiger partial charge in [-0.3, -0.25) is 0 Å². The molecule has 0 spiro atoms. The minimum absolute atomic E-state index is 0.432. The van der Waals surface area contributed by atoms with E-state index in [0.29, 0.717) is 12.4 Å². The van der Waals surface area contributed by atoms with Crippen LogP contribution < -0.4 is 0 Å². The molecule has 0 aromatic carbocycles. The van der Waals surface area contributed by atoms with E-state index in [1.807, 2.05) is 6.92 Å². The number of hydrogen-bond acceptors (Lipinski definition) is 2. The summed E-state index contributed by atoms with van der Waals surface area (Å²) in [7, 11) is 0. The Kier molecular flexibility index (Phi) is 16.7. The van der Waals surface area contributed by atoms with Crippen LogP contribution in [0.4, 0.5) is 0 Å². The average Bonchev–Trinajstić information content (AvgIpc) is 2.56. The number of ether oxygens (including phenoxy) is 1. The summed E-state index contributed by atoms with van der Waals surface area (Å²) in [5.74, 6) is 1.16. The summed E-state index contributed by atoms with van der Waals surface area (Å²) in [6.07, 6.45) is 19.3. The van der Waals surface area contributed by atoms with Crippen molar-refractivity contribution in [1.29, 1.82) is 0 Å². The van der Waals surface area contributed by atoms with Gasteiger partial charge < -0.3 is 9.84 Å². The molecule has 23 heavy (non-hydrogen) atoms. The van der Waals surface area contributed by atoms with Crippen molar-refractivity contribution < 1.29 is 9.84 Å². The smallest absolute Gasteiger partial charge is 0.133 e. The number of rotatable bonds is 17. The maximum absolute atomic E-state index is 10.0. The van der Waals surface area contributed by atoms with Gasteiger partial charge in [-0.2, -0.15) is 0 Å². The molecule has 0 rings (SSSR count). The molecule has 0 fully saturated rings. The first-order valence-corrected chi connectivity index (χ1v) is 9.90. The van der Waals surface area contributed by atoms with Gasteiger partial charge in [0, 0.05) is 12.8 Å². The average molecular weight is 325 g/mol. The van der Waals surface area contributed by atoms with Gasteiger partial charge in [0.1, 0.15) is 18.1 Å². The van der Waals surface area contributed by atoms with Crippen molar-refractivity contribution in [2.45, 2.75) is 104 Å². The van der Waals surface area contributed by atoms with Gasteiger partial charge in [0.15, 0.2) is 0 Å². The molecule has 0 bridgehead atoms. The van der Waals surface area contributed by atoms with Crippen molar-refractivity contribution in [3.8, 4) is 0 Å². The summed E-state index contributed by atoms with van der Waals surface area (Å²) in [5, 5.41) is 10.0. The molecular weight excluding hydrogens is 284 g/mol. The van der Waals surface area contributed by atoms with Crippen molar-refractivity contribution in [3.05, 3.63) is 24.2 Å². The molecule has 2 nitrogen and oxygen atoms in total. The summed E-state index contributed by atoms with van der Waals surface area (Å²) >= 11 is 0. The molecule has 0 aliphatic heterocycles. The number of aliphatic hydroxyl groups excluding tert-OH is 1. The summed E-state index contributed by atoms with van der Waals surface area (Å²) in [6, 6.07) is 0. The fourth-order valence-electron chi connectivity index (χ4n) is 2.82. The van der Waals surface area contributed by atoms with Crippen LogP contribution in [-0.2, 0) is 4.74 Å². The molecule has 0 aromatic rings. The zero-order chi connectivity index (χ0) is 17.2. The first kappa shape index (κ1) is 22.1. The summed E-state index contributed by atoms with van der Waals surface area (Å²) < 4.78 is 5.47. The monoisotopic (exact) mass is 324 g/mol. The Morgan fingerprint density at radius 1 is 0.826 bits per heavy atom. The Labute approximate surface area is 145 Å². The number of aliphatic hydroxyl groups is 1. The van der Waals surface area contributed by atoms with Crippen molar-refractivity contribution in [2.75, 3.05) is 6.61 Å². The Balaban J connectivity index is 3.44. The van der Waals surface area contributed by atoms with Gasteiger partial charge >= 0.3 is 0 Å². The van der Waals surface area contributed by atoms with Crippen molar-refractivity contribution in [3.63, 3.8) is 0 Å². The van der Waals surface area contributed by atoms with Gasteiger partial charge in [0.25, 0.3) is 0 Å². The van der Waals surface area contributed by atoms with Crippen LogP contribution >= 0.6 is 0 Å². The predicted molar refractivity (Wildman–Crippen MR) is 102 cm³/mol.